The zero-order chi connectivity index (χ0) is 71.6. The number of fused-ring (bicyclic) bond motifs is 4. The first-order valence-electron chi connectivity index (χ1n) is 34.2. The summed E-state index contributed by atoms with van der Waals surface area (Å²) in [5, 5.41) is 6.97. The second-order valence-electron chi connectivity index (χ2n) is 25.8. The number of nitrogens with zero attached hydrogens (tertiary/aromatic N) is 12. The van der Waals surface area contributed by atoms with Gasteiger partial charge in [0.2, 0.25) is 0 Å². The number of likely N-dealkylation sites (tertiary alicyclic amines) is 1. The van der Waals surface area contributed by atoms with Crippen LogP contribution in [0.4, 0.5) is 13.2 Å². The minimum absolute atomic E-state index is 0. The standard InChI is InChI=1S/C20H22F3N5O.C19H25N5O.C18H15N5O.C17H18ClN5O.7H2/c1-27-11-14(17-15-5-7-24-18(15)26-12-25-17)9-16(27)19(29)28(8-6-20(21,22)23)10-13-3-2-4-13;1-4-6-8-24(7-5-2)19(25)15-9-14(11-20-15)17-16-13(3)10-21-18(16)23-12-22-17;24-18(21-9-12-4-2-1-3-5-12)15-8-13(10-20-15)16-14-6-7-19-17(14)23-11-22-16;1-9-3-4-10(2)23(9)17(24)13-5-11(6-19-13)15-14-12(18)7-20-16(14)22-8-21-15;;;;;;;/h5,7,9,11-13H,2-4,6,8,10H2,1H3,(H,24,25,26);9-12,20H,4-8H2,1-3H3,(H,21,22,23);1-8,10-11,20H,9H2,(H,21,24)(H,19,22,23);5-10,19H,3-4H2,1-2H3,(H,20,21,22);7*1H/t;;;9-,10-;;;;;;;/m...1......./s1. The smallest absolute Gasteiger partial charge is 0.357 e. The average molecular weight is 1420 g/mol. The Balaban J connectivity index is 0.000000256. The van der Waals surface area contributed by atoms with Gasteiger partial charge in [0.15, 0.2) is 0 Å². The Morgan fingerprint density at radius 1 is 0.598 bits per heavy atom. The molecule has 1 saturated carbocycles. The van der Waals surface area contributed by atoms with Gasteiger partial charge in [0.1, 0.15) is 70.7 Å². The molecule has 13 heterocycles. The van der Waals surface area contributed by atoms with Gasteiger partial charge in [-0.2, -0.15) is 13.2 Å². The van der Waals surface area contributed by atoms with Crippen LogP contribution < -0.4 is 5.32 Å². The lowest BCUT2D eigenvalue weighted by atomic mass is 9.85. The Morgan fingerprint density at radius 3 is 1.77 bits per heavy atom. The molecule has 0 radical (unpaired) electrons. The van der Waals surface area contributed by atoms with Crippen LogP contribution in [0.1, 0.15) is 149 Å². The largest absolute Gasteiger partial charge is 0.390 e. The lowest BCUT2D eigenvalue weighted by Crippen LogP contribution is -2.40. The summed E-state index contributed by atoms with van der Waals surface area (Å²) in [4.78, 5) is 112. The van der Waals surface area contributed by atoms with Gasteiger partial charge in [0.05, 0.1) is 39.6 Å². The first kappa shape index (κ1) is 70.6. The molecular weight excluding hydrogens is 1330 g/mol. The van der Waals surface area contributed by atoms with Crippen molar-refractivity contribution in [3.63, 3.8) is 0 Å². The lowest BCUT2D eigenvalue weighted by Gasteiger charge is -2.32. The van der Waals surface area contributed by atoms with Crippen molar-refractivity contribution in [2.45, 2.75) is 117 Å². The predicted molar refractivity (Wildman–Crippen MR) is 401 cm³/mol. The third-order valence-corrected chi connectivity index (χ3v) is 18.9. The number of carbonyl (C=O) groups excluding carboxylic acids is 4. The van der Waals surface area contributed by atoms with Crippen molar-refractivity contribution in [2.75, 3.05) is 26.2 Å². The molecule has 542 valence electrons. The van der Waals surface area contributed by atoms with Crippen LogP contribution in [0.2, 0.25) is 5.02 Å². The maximum atomic E-state index is 13.1. The Labute approximate surface area is 600 Å². The fourth-order valence-electron chi connectivity index (χ4n) is 13.0. The van der Waals surface area contributed by atoms with Crippen LogP contribution in [0, 0.1) is 12.8 Å². The minimum atomic E-state index is -4.29. The molecule has 1 saturated heterocycles. The van der Waals surface area contributed by atoms with Crippen molar-refractivity contribution in [3.8, 4) is 45.0 Å². The van der Waals surface area contributed by atoms with Crippen LogP contribution in [0.5, 0.6) is 0 Å². The minimum Gasteiger partial charge on any atom is -0.357 e. The average Bonchev–Trinajstić information content (AvgIpc) is 1.67. The van der Waals surface area contributed by atoms with Crippen molar-refractivity contribution in [2.24, 2.45) is 13.0 Å². The quantitative estimate of drug-likeness (QED) is 0.0375. The zero-order valence-corrected chi connectivity index (χ0v) is 58.2. The molecule has 0 bridgehead atoms. The fraction of sp³-hybridized carbons (Fsp3) is 0.324. The molecule has 12 aromatic heterocycles. The number of rotatable bonds is 19. The zero-order valence-electron chi connectivity index (χ0n) is 57.4. The molecule has 2 aliphatic rings. The molecular formula is C74H94ClF3N20O4. The van der Waals surface area contributed by atoms with Crippen molar-refractivity contribution in [1.82, 2.24) is 99.3 Å². The summed E-state index contributed by atoms with van der Waals surface area (Å²) in [5.74, 6) is -0.158. The van der Waals surface area contributed by atoms with Gasteiger partial charge in [-0.15, -0.1) is 0 Å². The van der Waals surface area contributed by atoms with E-state index in [9.17, 15) is 32.3 Å². The van der Waals surface area contributed by atoms with Crippen molar-refractivity contribution in [1.29, 1.82) is 0 Å². The van der Waals surface area contributed by atoms with E-state index in [0.29, 0.717) is 63.6 Å². The number of H-pyrrole nitrogens is 7. The summed E-state index contributed by atoms with van der Waals surface area (Å²) < 4.78 is 40.0. The number of hydrogen-bond acceptors (Lipinski definition) is 12. The third kappa shape index (κ3) is 16.0. The van der Waals surface area contributed by atoms with Gasteiger partial charge in [-0.1, -0.05) is 68.6 Å². The molecule has 8 N–H and O–H groups in total. The number of amides is 4. The fourth-order valence-corrected chi connectivity index (χ4v) is 13.2. The van der Waals surface area contributed by atoms with Crippen LogP contribution in [0.3, 0.4) is 0 Å². The van der Waals surface area contributed by atoms with Gasteiger partial charge in [0, 0.05) is 150 Å². The monoisotopic (exact) mass is 1420 g/mol. The second kappa shape index (κ2) is 31.5. The second-order valence-corrected chi connectivity index (χ2v) is 26.2. The highest BCUT2D eigenvalue weighted by Gasteiger charge is 2.34. The van der Waals surface area contributed by atoms with Crippen LogP contribution in [-0.2, 0) is 13.6 Å². The van der Waals surface area contributed by atoms with Crippen LogP contribution in [0.15, 0.2) is 142 Å². The molecule has 28 heteroatoms. The lowest BCUT2D eigenvalue weighted by molar-refractivity contribution is -0.137. The van der Waals surface area contributed by atoms with Crippen LogP contribution in [-0.4, -0.2) is 162 Å². The van der Waals surface area contributed by atoms with Crippen molar-refractivity contribution in [3.05, 3.63) is 181 Å². The Kier molecular flexibility index (Phi) is 21.8. The molecule has 13 aromatic rings. The Morgan fingerprint density at radius 2 is 1.16 bits per heavy atom. The molecule has 0 unspecified atom stereocenters. The molecule has 4 amide bonds. The summed E-state index contributed by atoms with van der Waals surface area (Å²) in [6.45, 7) is 12.6. The Bertz CT molecular complexity index is 5060. The highest BCUT2D eigenvalue weighted by Crippen LogP contribution is 2.35. The Hall–Kier alpha value is -11.2. The van der Waals surface area contributed by atoms with Gasteiger partial charge >= 0.3 is 6.18 Å². The number of halogens is 4. The number of nitrogens with one attached hydrogen (secondary N) is 8. The van der Waals surface area contributed by atoms with Crippen LogP contribution in [0.25, 0.3) is 89.2 Å². The number of benzene rings is 1. The highest BCUT2D eigenvalue weighted by atomic mass is 35.5. The number of unbranched alkanes of at least 4 members (excludes halogenated alkanes) is 1. The van der Waals surface area contributed by atoms with E-state index in [-0.39, 0.29) is 58.2 Å². The number of alkyl halides is 3. The van der Waals surface area contributed by atoms with E-state index in [0.717, 1.165) is 142 Å². The van der Waals surface area contributed by atoms with E-state index < -0.39 is 12.6 Å². The molecule has 2 atom stereocenters. The molecule has 102 heavy (non-hydrogen) atoms. The summed E-state index contributed by atoms with van der Waals surface area (Å²) >= 11 is 6.24. The topological polar surface area (TPSA) is 309 Å². The van der Waals surface area contributed by atoms with Crippen molar-refractivity contribution < 1.29 is 42.3 Å². The van der Waals surface area contributed by atoms with E-state index >= 15 is 0 Å². The molecule has 1 aromatic carbocycles. The van der Waals surface area contributed by atoms with E-state index in [2.05, 4.69) is 108 Å². The summed E-state index contributed by atoms with van der Waals surface area (Å²) in [6.07, 6.45) is 23.2. The number of aromatic nitrogens is 16. The van der Waals surface area contributed by atoms with Crippen molar-refractivity contribution >= 4 is 79.4 Å². The third-order valence-electron chi connectivity index (χ3n) is 18.6. The van der Waals surface area contributed by atoms with E-state index in [1.165, 1.54) is 23.9 Å². The van der Waals surface area contributed by atoms with Gasteiger partial charge in [0.25, 0.3) is 23.6 Å². The number of carbonyl (C=O) groups is 4. The van der Waals surface area contributed by atoms with E-state index in [1.807, 2.05) is 89.9 Å². The molecule has 0 spiro atoms. The molecule has 24 nitrogen and oxygen atoms in total. The van der Waals surface area contributed by atoms with Gasteiger partial charge in [-0.3, -0.25) is 19.2 Å². The predicted octanol–water partition coefficient (Wildman–Crippen LogP) is 16.3. The first-order valence-corrected chi connectivity index (χ1v) is 34.6. The van der Waals surface area contributed by atoms with Gasteiger partial charge in [-0.05, 0) is 113 Å². The van der Waals surface area contributed by atoms with Crippen LogP contribution >= 0.6 is 11.6 Å². The molecule has 2 fully saturated rings. The first-order chi connectivity index (χ1) is 49.3. The number of aryl methyl sites for hydroxylation is 2. The number of aromatic amines is 7. The molecule has 1 aliphatic heterocycles. The summed E-state index contributed by atoms with van der Waals surface area (Å²) in [6, 6.07) is 21.3. The highest BCUT2D eigenvalue weighted by molar-refractivity contribution is 6.36. The van der Waals surface area contributed by atoms with E-state index in [4.69, 9.17) is 11.6 Å². The summed E-state index contributed by atoms with van der Waals surface area (Å²) in [7, 11) is 1.72. The SMILES string of the molecule is CCCCN(CCC)C(=O)c1cc(-c2ncnc3[nH]cc(C)c23)c[nH]1.C[C@@H]1CC[C@@H](C)N1C(=O)c1cc(-c2ncnc3[nH]cc(Cl)c23)c[nH]1.Cn1cc(-c2ncnc3[nH]ccc23)cc1C(=O)N(CCC(F)(F)F)CC1CCC1.O=C(NCc1ccccc1)c1cc(-c2ncnc3[nH]ccc23)c[nH]1.[HH].[HH].[HH].[HH].[HH].[HH].[HH]. The summed E-state index contributed by atoms with van der Waals surface area (Å²) in [5.41, 5.74) is 13.5. The molecule has 1 aliphatic carbocycles. The van der Waals surface area contributed by atoms with Gasteiger partial charge in [-0.25, -0.2) is 39.9 Å². The normalized spacial score (nSPS) is 14.4. The van der Waals surface area contributed by atoms with E-state index in [1.54, 1.807) is 61.1 Å². The number of hydrogen-bond donors (Lipinski definition) is 8. The molecule has 15 rings (SSSR count). The maximum Gasteiger partial charge on any atom is 0.390 e. The van der Waals surface area contributed by atoms with Gasteiger partial charge < -0.3 is 59.5 Å². The maximum absolute atomic E-state index is 13.1.